The maximum absolute atomic E-state index is 11.0. The van der Waals surface area contributed by atoms with Crippen LogP contribution in [-0.4, -0.2) is 5.78 Å². The van der Waals surface area contributed by atoms with E-state index in [1.807, 2.05) is 0 Å². The van der Waals surface area contributed by atoms with Crippen molar-refractivity contribution in [1.29, 1.82) is 0 Å². The molecular formula is C8H6BrN3O. The van der Waals surface area contributed by atoms with Crippen LogP contribution >= 0.6 is 15.9 Å². The zero-order valence-corrected chi connectivity index (χ0v) is 8.45. The summed E-state index contributed by atoms with van der Waals surface area (Å²) in [7, 11) is 0. The summed E-state index contributed by atoms with van der Waals surface area (Å²) < 4.78 is 0.643. The van der Waals surface area contributed by atoms with Crippen molar-refractivity contribution >= 4 is 27.4 Å². The summed E-state index contributed by atoms with van der Waals surface area (Å²) in [5, 5.41) is 3.41. The quantitative estimate of drug-likeness (QED) is 0.337. The van der Waals surface area contributed by atoms with Gasteiger partial charge >= 0.3 is 0 Å². The van der Waals surface area contributed by atoms with Crippen molar-refractivity contribution in [2.24, 2.45) is 5.11 Å². The third-order valence-corrected chi connectivity index (χ3v) is 2.15. The van der Waals surface area contributed by atoms with Crippen LogP contribution in [0.5, 0.6) is 0 Å². The maximum atomic E-state index is 11.0. The molecule has 5 heteroatoms. The average molecular weight is 240 g/mol. The number of hydrogen-bond donors (Lipinski definition) is 0. The summed E-state index contributed by atoms with van der Waals surface area (Å²) in [5.41, 5.74) is 9.23. The van der Waals surface area contributed by atoms with Crippen molar-refractivity contribution in [3.8, 4) is 0 Å². The van der Waals surface area contributed by atoms with E-state index in [1.165, 1.54) is 6.92 Å². The smallest absolute Gasteiger partial charge is 0.160 e. The van der Waals surface area contributed by atoms with E-state index in [1.54, 1.807) is 18.2 Å². The maximum Gasteiger partial charge on any atom is 0.160 e. The van der Waals surface area contributed by atoms with Gasteiger partial charge in [0.1, 0.15) is 0 Å². The molecule has 1 aromatic rings. The van der Waals surface area contributed by atoms with Crippen molar-refractivity contribution in [1.82, 2.24) is 0 Å². The van der Waals surface area contributed by atoms with Gasteiger partial charge in [0.15, 0.2) is 5.78 Å². The molecule has 13 heavy (non-hydrogen) atoms. The van der Waals surface area contributed by atoms with E-state index in [-0.39, 0.29) is 5.78 Å². The van der Waals surface area contributed by atoms with Crippen LogP contribution in [0.25, 0.3) is 10.4 Å². The van der Waals surface area contributed by atoms with Gasteiger partial charge in [-0.2, -0.15) is 0 Å². The summed E-state index contributed by atoms with van der Waals surface area (Å²) in [6.07, 6.45) is 0. The monoisotopic (exact) mass is 239 g/mol. The standard InChI is InChI=1S/C8H6BrN3O/c1-5(13)7-3-2-6(11-12-10)4-8(7)9/h2-4H,1H3. The molecule has 0 saturated heterocycles. The number of carbonyl (C=O) groups is 1. The van der Waals surface area contributed by atoms with Crippen LogP contribution in [0.3, 0.4) is 0 Å². The summed E-state index contributed by atoms with van der Waals surface area (Å²) in [5.74, 6) is -0.0284. The van der Waals surface area contributed by atoms with Crippen molar-refractivity contribution in [2.45, 2.75) is 6.92 Å². The minimum absolute atomic E-state index is 0.0284. The molecule has 0 aliphatic heterocycles. The molecule has 0 amide bonds. The first kappa shape index (κ1) is 9.77. The molecule has 0 bridgehead atoms. The van der Waals surface area contributed by atoms with Gasteiger partial charge in [0, 0.05) is 20.6 Å². The van der Waals surface area contributed by atoms with Crippen molar-refractivity contribution in [3.05, 3.63) is 38.7 Å². The lowest BCUT2D eigenvalue weighted by molar-refractivity contribution is 0.101. The first-order valence-electron chi connectivity index (χ1n) is 3.50. The Morgan fingerprint density at radius 3 is 2.77 bits per heavy atom. The Kier molecular flexibility index (Phi) is 3.06. The topological polar surface area (TPSA) is 65.8 Å². The lowest BCUT2D eigenvalue weighted by Crippen LogP contribution is -1.92. The number of nitrogens with zero attached hydrogens (tertiary/aromatic N) is 3. The molecule has 0 heterocycles. The third kappa shape index (κ3) is 2.31. The molecule has 0 aliphatic carbocycles. The van der Waals surface area contributed by atoms with Crippen molar-refractivity contribution in [3.63, 3.8) is 0 Å². The van der Waals surface area contributed by atoms with Gasteiger partial charge in [-0.15, -0.1) is 0 Å². The van der Waals surface area contributed by atoms with Gasteiger partial charge in [0.05, 0.1) is 0 Å². The molecule has 0 fully saturated rings. The lowest BCUT2D eigenvalue weighted by Gasteiger charge is -1.99. The fourth-order valence-corrected chi connectivity index (χ4v) is 1.55. The van der Waals surface area contributed by atoms with E-state index in [0.717, 1.165) is 0 Å². The molecule has 0 saturated carbocycles. The Morgan fingerprint density at radius 2 is 2.31 bits per heavy atom. The largest absolute Gasteiger partial charge is 0.294 e. The molecule has 0 aromatic heterocycles. The minimum Gasteiger partial charge on any atom is -0.294 e. The van der Waals surface area contributed by atoms with E-state index >= 15 is 0 Å². The van der Waals surface area contributed by atoms with Crippen LogP contribution < -0.4 is 0 Å². The molecule has 0 atom stereocenters. The van der Waals surface area contributed by atoms with Crippen LogP contribution in [0.4, 0.5) is 5.69 Å². The number of halogens is 1. The van der Waals surface area contributed by atoms with E-state index in [9.17, 15) is 4.79 Å². The van der Waals surface area contributed by atoms with Gasteiger partial charge in [-0.3, -0.25) is 4.79 Å². The van der Waals surface area contributed by atoms with Crippen LogP contribution in [0.15, 0.2) is 27.8 Å². The molecule has 4 nitrogen and oxygen atoms in total. The molecule has 66 valence electrons. The Morgan fingerprint density at radius 1 is 1.62 bits per heavy atom. The van der Waals surface area contributed by atoms with Gasteiger partial charge in [-0.05, 0) is 24.6 Å². The molecule has 0 spiro atoms. The zero-order valence-electron chi connectivity index (χ0n) is 6.86. The fraction of sp³-hybridized carbons (Fsp3) is 0.125. The number of hydrogen-bond acceptors (Lipinski definition) is 2. The second-order valence-corrected chi connectivity index (χ2v) is 3.26. The number of carbonyl (C=O) groups excluding carboxylic acids is 1. The fourth-order valence-electron chi connectivity index (χ4n) is 0.903. The highest BCUT2D eigenvalue weighted by atomic mass is 79.9. The predicted molar refractivity (Wildman–Crippen MR) is 53.0 cm³/mol. The van der Waals surface area contributed by atoms with Crippen LogP contribution in [0, 0.1) is 0 Å². The number of azide groups is 1. The molecule has 0 unspecified atom stereocenters. The number of ketones is 1. The van der Waals surface area contributed by atoms with Gasteiger partial charge in [-0.1, -0.05) is 27.1 Å². The van der Waals surface area contributed by atoms with Crippen molar-refractivity contribution in [2.75, 3.05) is 0 Å². The zero-order chi connectivity index (χ0) is 9.84. The van der Waals surface area contributed by atoms with Gasteiger partial charge in [-0.25, -0.2) is 0 Å². The van der Waals surface area contributed by atoms with E-state index < -0.39 is 0 Å². The number of Topliss-reactive ketones (excluding diaryl/α,β-unsaturated/α-hetero) is 1. The van der Waals surface area contributed by atoms with E-state index in [2.05, 4.69) is 26.0 Å². The SMILES string of the molecule is CC(=O)c1ccc(N=[N+]=[N-])cc1Br. The second-order valence-electron chi connectivity index (χ2n) is 2.41. The van der Waals surface area contributed by atoms with Crippen LogP contribution in [-0.2, 0) is 0 Å². The Labute approximate surface area is 83.3 Å². The normalized spacial score (nSPS) is 9.08. The van der Waals surface area contributed by atoms with Gasteiger partial charge in [0.25, 0.3) is 0 Å². The first-order valence-corrected chi connectivity index (χ1v) is 4.30. The highest BCUT2D eigenvalue weighted by molar-refractivity contribution is 9.10. The van der Waals surface area contributed by atoms with Gasteiger partial charge in [0.2, 0.25) is 0 Å². The number of benzene rings is 1. The molecule has 1 rings (SSSR count). The van der Waals surface area contributed by atoms with Crippen LogP contribution in [0.1, 0.15) is 17.3 Å². The summed E-state index contributed by atoms with van der Waals surface area (Å²) in [6, 6.07) is 4.83. The predicted octanol–water partition coefficient (Wildman–Crippen LogP) is 3.59. The molecular weight excluding hydrogens is 234 g/mol. The van der Waals surface area contributed by atoms with E-state index in [0.29, 0.717) is 15.7 Å². The number of rotatable bonds is 2. The Hall–Kier alpha value is -1.32. The minimum atomic E-state index is -0.0284. The summed E-state index contributed by atoms with van der Waals surface area (Å²) in [6.45, 7) is 1.48. The Balaban J connectivity index is 3.19. The molecule has 0 N–H and O–H groups in total. The average Bonchev–Trinajstić information content (AvgIpc) is 2.04. The molecule has 0 aliphatic rings. The summed E-state index contributed by atoms with van der Waals surface area (Å²) >= 11 is 3.21. The highest BCUT2D eigenvalue weighted by Crippen LogP contribution is 2.23. The molecule has 0 radical (unpaired) electrons. The lowest BCUT2D eigenvalue weighted by atomic mass is 10.1. The molecule has 1 aromatic carbocycles. The van der Waals surface area contributed by atoms with Gasteiger partial charge < -0.3 is 0 Å². The summed E-state index contributed by atoms with van der Waals surface area (Å²) in [4.78, 5) is 13.6. The van der Waals surface area contributed by atoms with Crippen molar-refractivity contribution < 1.29 is 4.79 Å². The highest BCUT2D eigenvalue weighted by Gasteiger charge is 2.04. The van der Waals surface area contributed by atoms with Crippen LogP contribution in [0.2, 0.25) is 0 Å². The Bertz CT molecular complexity index is 396. The second kappa shape index (κ2) is 4.07. The third-order valence-electron chi connectivity index (χ3n) is 1.49. The first-order chi connectivity index (χ1) is 6.15. The van der Waals surface area contributed by atoms with E-state index in [4.69, 9.17) is 5.53 Å².